The number of carbonyl (C=O) groups is 2. The zero-order chi connectivity index (χ0) is 20.6. The summed E-state index contributed by atoms with van der Waals surface area (Å²) >= 11 is 1.52. The van der Waals surface area contributed by atoms with Gasteiger partial charge in [-0.25, -0.2) is 9.78 Å². The molecule has 1 N–H and O–H groups in total. The summed E-state index contributed by atoms with van der Waals surface area (Å²) in [4.78, 5) is 32.7. The third-order valence-electron chi connectivity index (χ3n) is 5.65. The number of aromatic nitrogens is 1. The zero-order valence-electron chi connectivity index (χ0n) is 17.2. The van der Waals surface area contributed by atoms with Crippen LogP contribution in [0.4, 0.5) is 4.79 Å². The van der Waals surface area contributed by atoms with Crippen LogP contribution in [0, 0.1) is 12.3 Å². The van der Waals surface area contributed by atoms with E-state index in [9.17, 15) is 9.59 Å². The molecule has 3 amide bonds. The van der Waals surface area contributed by atoms with Gasteiger partial charge in [-0.1, -0.05) is 17.6 Å². The molecule has 3 rings (SSSR count). The Morgan fingerprint density at radius 1 is 1.38 bits per heavy atom. The summed E-state index contributed by atoms with van der Waals surface area (Å²) in [5.41, 5.74) is 1.94. The lowest BCUT2D eigenvalue weighted by atomic mass is 9.97. The van der Waals surface area contributed by atoms with Gasteiger partial charge < -0.3 is 15.1 Å². The molecule has 1 fully saturated rings. The summed E-state index contributed by atoms with van der Waals surface area (Å²) in [5, 5.41) is 5.85. The molecular weight excluding hydrogens is 384 g/mol. The second kappa shape index (κ2) is 10.4. The molecule has 0 bridgehead atoms. The normalized spacial score (nSPS) is 17.4. The molecule has 0 aromatic carbocycles. The highest BCUT2D eigenvalue weighted by atomic mass is 32.1. The largest absolute Gasteiger partial charge is 0.338 e. The van der Waals surface area contributed by atoms with Gasteiger partial charge in [0.2, 0.25) is 0 Å². The lowest BCUT2D eigenvalue weighted by Crippen LogP contribution is -2.44. The van der Waals surface area contributed by atoms with E-state index < -0.39 is 0 Å². The number of hydrogen-bond donors (Lipinski definition) is 1. The van der Waals surface area contributed by atoms with Crippen LogP contribution < -0.4 is 5.32 Å². The number of rotatable bonds is 6. The van der Waals surface area contributed by atoms with E-state index in [0.29, 0.717) is 18.2 Å². The van der Waals surface area contributed by atoms with E-state index >= 15 is 0 Å². The van der Waals surface area contributed by atoms with Crippen molar-refractivity contribution >= 4 is 23.3 Å². The summed E-state index contributed by atoms with van der Waals surface area (Å²) in [6.07, 6.45) is 15.2. The summed E-state index contributed by atoms with van der Waals surface area (Å²) < 4.78 is 0. The predicted molar refractivity (Wildman–Crippen MR) is 116 cm³/mol. The molecule has 0 saturated carbocycles. The zero-order valence-corrected chi connectivity index (χ0v) is 18.0. The maximum Gasteiger partial charge on any atom is 0.317 e. The number of carbonyl (C=O) groups excluding carboxylic acids is 2. The summed E-state index contributed by atoms with van der Waals surface area (Å²) in [5.74, 6) is 2.63. The molecule has 1 aliphatic heterocycles. The Morgan fingerprint density at radius 3 is 2.86 bits per heavy atom. The van der Waals surface area contributed by atoms with Gasteiger partial charge in [0.05, 0.1) is 11.6 Å². The van der Waals surface area contributed by atoms with Crippen LogP contribution >= 0.6 is 11.3 Å². The monoisotopic (exact) mass is 414 g/mol. The fraction of sp³-hybridized carbons (Fsp3) is 0.591. The summed E-state index contributed by atoms with van der Waals surface area (Å²) in [6.45, 7) is 2.43. The quantitative estimate of drug-likeness (QED) is 0.571. The van der Waals surface area contributed by atoms with Crippen LogP contribution in [0.2, 0.25) is 0 Å². The van der Waals surface area contributed by atoms with Crippen LogP contribution in [0.15, 0.2) is 17.0 Å². The Morgan fingerprint density at radius 2 is 2.17 bits per heavy atom. The van der Waals surface area contributed by atoms with Crippen LogP contribution in [0.25, 0.3) is 0 Å². The molecule has 2 heterocycles. The van der Waals surface area contributed by atoms with Gasteiger partial charge in [-0.15, -0.1) is 17.8 Å². The second-order valence-corrected chi connectivity index (χ2v) is 8.68. The van der Waals surface area contributed by atoms with E-state index in [1.807, 2.05) is 10.3 Å². The number of piperidine rings is 1. The average molecular weight is 415 g/mol. The van der Waals surface area contributed by atoms with Crippen LogP contribution in [0.5, 0.6) is 0 Å². The molecule has 0 radical (unpaired) electrons. The first-order chi connectivity index (χ1) is 14.1. The van der Waals surface area contributed by atoms with Gasteiger partial charge in [-0.05, 0) is 44.9 Å². The van der Waals surface area contributed by atoms with E-state index in [4.69, 9.17) is 6.42 Å². The van der Waals surface area contributed by atoms with Gasteiger partial charge in [-0.3, -0.25) is 4.79 Å². The number of nitrogens with zero attached hydrogens (tertiary/aromatic N) is 3. The maximum atomic E-state index is 12.4. The topological polar surface area (TPSA) is 65.5 Å². The number of thiazole rings is 1. The lowest BCUT2D eigenvalue weighted by Gasteiger charge is -2.31. The van der Waals surface area contributed by atoms with Crippen molar-refractivity contribution in [3.8, 4) is 12.3 Å². The van der Waals surface area contributed by atoms with Gasteiger partial charge in [0.15, 0.2) is 0 Å². The van der Waals surface area contributed by atoms with E-state index in [1.165, 1.54) is 47.5 Å². The van der Waals surface area contributed by atoms with Crippen molar-refractivity contribution < 1.29 is 9.59 Å². The highest BCUT2D eigenvalue weighted by molar-refractivity contribution is 7.09. The number of hydrogen-bond acceptors (Lipinski definition) is 4. The van der Waals surface area contributed by atoms with Gasteiger partial charge in [0.1, 0.15) is 5.69 Å². The molecule has 2 aliphatic rings. The Kier molecular flexibility index (Phi) is 7.70. The molecule has 156 valence electrons. The third kappa shape index (κ3) is 5.83. The molecule has 7 heteroatoms. The van der Waals surface area contributed by atoms with E-state index in [-0.39, 0.29) is 18.5 Å². The predicted octanol–water partition coefficient (Wildman–Crippen LogP) is 3.63. The van der Waals surface area contributed by atoms with Crippen LogP contribution in [-0.2, 0) is 0 Å². The van der Waals surface area contributed by atoms with Crippen molar-refractivity contribution in [3.63, 3.8) is 0 Å². The summed E-state index contributed by atoms with van der Waals surface area (Å²) in [6, 6.07) is 0.0331. The fourth-order valence-electron chi connectivity index (χ4n) is 3.88. The number of amides is 3. The Balaban J connectivity index is 1.43. The molecule has 0 spiro atoms. The minimum atomic E-state index is -0.143. The molecule has 0 unspecified atom stereocenters. The van der Waals surface area contributed by atoms with E-state index in [0.717, 1.165) is 37.4 Å². The van der Waals surface area contributed by atoms with Gasteiger partial charge in [0.25, 0.3) is 5.91 Å². The first-order valence-electron chi connectivity index (χ1n) is 10.4. The van der Waals surface area contributed by atoms with Crippen molar-refractivity contribution in [2.45, 2.75) is 50.9 Å². The van der Waals surface area contributed by atoms with Crippen molar-refractivity contribution in [2.75, 3.05) is 33.2 Å². The number of allylic oxidation sites excluding steroid dienone is 1. The van der Waals surface area contributed by atoms with Crippen molar-refractivity contribution in [2.24, 2.45) is 0 Å². The number of urea groups is 1. The van der Waals surface area contributed by atoms with Crippen LogP contribution in [-0.4, -0.2) is 59.9 Å². The Bertz CT molecular complexity index is 787. The first kappa shape index (κ1) is 21.4. The molecule has 1 aromatic heterocycles. The third-order valence-corrected chi connectivity index (χ3v) is 6.66. The molecule has 29 heavy (non-hydrogen) atoms. The van der Waals surface area contributed by atoms with Crippen molar-refractivity contribution in [1.29, 1.82) is 0 Å². The van der Waals surface area contributed by atoms with Crippen molar-refractivity contribution in [3.05, 3.63) is 27.7 Å². The van der Waals surface area contributed by atoms with Crippen molar-refractivity contribution in [1.82, 2.24) is 20.1 Å². The number of likely N-dealkylation sites (tertiary alicyclic amines) is 1. The van der Waals surface area contributed by atoms with E-state index in [1.54, 1.807) is 7.05 Å². The Labute approximate surface area is 177 Å². The minimum Gasteiger partial charge on any atom is -0.338 e. The molecule has 1 saturated heterocycles. The standard InChI is InChI=1S/C22H30N4O2S/c1-3-13-25(2)21(27)19-16-29-20(24-19)18-10-14-26(15-11-18)22(28)23-12-9-17-7-5-4-6-8-17/h1,7,16,18H,4-6,8-15H2,2H3,(H,23,28). The Hall–Kier alpha value is -2.33. The first-order valence-corrected chi connectivity index (χ1v) is 11.3. The molecule has 6 nitrogen and oxygen atoms in total. The molecular formula is C22H30N4O2S. The SMILES string of the molecule is C#CCN(C)C(=O)c1csc(C2CCN(C(=O)NCCC3=CCCCC3)CC2)n1. The van der Waals surface area contributed by atoms with Gasteiger partial charge >= 0.3 is 6.03 Å². The molecule has 1 aromatic rings. The smallest absolute Gasteiger partial charge is 0.317 e. The van der Waals surface area contributed by atoms with Crippen LogP contribution in [0.1, 0.15) is 66.4 Å². The van der Waals surface area contributed by atoms with Gasteiger partial charge in [-0.2, -0.15) is 0 Å². The molecule has 1 aliphatic carbocycles. The van der Waals surface area contributed by atoms with Crippen LogP contribution in [0.3, 0.4) is 0 Å². The highest BCUT2D eigenvalue weighted by Gasteiger charge is 2.26. The molecule has 0 atom stereocenters. The number of terminal acetylenes is 1. The van der Waals surface area contributed by atoms with Gasteiger partial charge in [0, 0.05) is 38.0 Å². The minimum absolute atomic E-state index is 0.0331. The van der Waals surface area contributed by atoms with E-state index in [2.05, 4.69) is 22.3 Å². The average Bonchev–Trinajstić information content (AvgIpc) is 3.24. The number of nitrogens with one attached hydrogen (secondary N) is 1. The summed E-state index contributed by atoms with van der Waals surface area (Å²) in [7, 11) is 1.68. The maximum absolute atomic E-state index is 12.4. The highest BCUT2D eigenvalue weighted by Crippen LogP contribution is 2.30. The lowest BCUT2D eigenvalue weighted by molar-refractivity contribution is 0.0807. The second-order valence-electron chi connectivity index (χ2n) is 7.79. The fourth-order valence-corrected chi connectivity index (χ4v) is 4.85.